The van der Waals surface area contributed by atoms with E-state index < -0.39 is 0 Å². The van der Waals surface area contributed by atoms with Crippen LogP contribution in [0, 0.1) is 13.8 Å². The smallest absolute Gasteiger partial charge is 0.267 e. The molecule has 182 valence electrons. The predicted octanol–water partition coefficient (Wildman–Crippen LogP) is 4.29. The molecule has 35 heavy (non-hydrogen) atoms. The molecule has 0 spiro atoms. The van der Waals surface area contributed by atoms with E-state index in [0.29, 0.717) is 52.2 Å². The minimum absolute atomic E-state index is 0.165. The first kappa shape index (κ1) is 25.1. The summed E-state index contributed by atoms with van der Waals surface area (Å²) in [7, 11) is 0. The molecule has 2 aliphatic rings. The summed E-state index contributed by atoms with van der Waals surface area (Å²) in [4.78, 5) is 43.0. The molecule has 4 rings (SSSR count). The Morgan fingerprint density at radius 1 is 1.03 bits per heavy atom. The van der Waals surface area contributed by atoms with Crippen LogP contribution in [-0.4, -0.2) is 53.2 Å². The highest BCUT2D eigenvalue weighted by Gasteiger charge is 2.42. The molecule has 0 unspecified atom stereocenters. The van der Waals surface area contributed by atoms with Crippen molar-refractivity contribution >= 4 is 63.0 Å². The second-order valence-electron chi connectivity index (χ2n) is 8.30. The minimum atomic E-state index is -0.377. The third-order valence-corrected chi connectivity index (χ3v) is 7.37. The molecule has 1 saturated heterocycles. The summed E-state index contributed by atoms with van der Waals surface area (Å²) >= 11 is 6.58. The standard InChI is InChI=1S/C26H27N3O4S2/c1-4-33-14-8-13-28-25(32)23(35-26(28)34)21-18-11-5-6-12-19(18)29(24(21)31)15-20(30)27-22-16(2)9-7-10-17(22)3/h5-7,9-12H,4,8,13-15H2,1-3H3,(H,27,30)/b23-21-. The number of ether oxygens (including phenoxy) is 1. The molecule has 2 aromatic carbocycles. The van der Waals surface area contributed by atoms with E-state index in [1.165, 1.54) is 9.80 Å². The second kappa shape index (κ2) is 10.7. The van der Waals surface area contributed by atoms with Crippen LogP contribution in [0.3, 0.4) is 0 Å². The van der Waals surface area contributed by atoms with E-state index in [4.69, 9.17) is 17.0 Å². The van der Waals surface area contributed by atoms with Gasteiger partial charge in [-0.25, -0.2) is 0 Å². The zero-order valence-electron chi connectivity index (χ0n) is 19.9. The summed E-state index contributed by atoms with van der Waals surface area (Å²) in [6.07, 6.45) is 0.651. The Labute approximate surface area is 214 Å². The highest BCUT2D eigenvalue weighted by atomic mass is 32.2. The van der Waals surface area contributed by atoms with Crippen molar-refractivity contribution in [2.45, 2.75) is 27.2 Å². The van der Waals surface area contributed by atoms with Gasteiger partial charge in [0.05, 0.1) is 16.2 Å². The molecule has 2 heterocycles. The zero-order valence-corrected chi connectivity index (χ0v) is 21.6. The van der Waals surface area contributed by atoms with Crippen molar-refractivity contribution in [2.75, 3.05) is 36.5 Å². The van der Waals surface area contributed by atoms with Crippen LogP contribution >= 0.6 is 24.0 Å². The van der Waals surface area contributed by atoms with Crippen molar-refractivity contribution in [2.24, 2.45) is 0 Å². The van der Waals surface area contributed by atoms with Crippen LogP contribution in [0.2, 0.25) is 0 Å². The Bertz CT molecular complexity index is 1220. The van der Waals surface area contributed by atoms with Gasteiger partial charge in [0.25, 0.3) is 11.8 Å². The maximum atomic E-state index is 13.6. The van der Waals surface area contributed by atoms with Crippen LogP contribution in [0.25, 0.3) is 5.57 Å². The van der Waals surface area contributed by atoms with Crippen molar-refractivity contribution in [3.63, 3.8) is 0 Å². The average molecular weight is 510 g/mol. The van der Waals surface area contributed by atoms with Crippen molar-refractivity contribution in [1.82, 2.24) is 4.90 Å². The molecule has 0 radical (unpaired) electrons. The number of hydrogen-bond acceptors (Lipinski definition) is 6. The number of para-hydroxylation sites is 2. The molecule has 0 atom stereocenters. The molecular formula is C26H27N3O4S2. The number of carbonyl (C=O) groups is 3. The van der Waals surface area contributed by atoms with E-state index in [9.17, 15) is 14.4 Å². The lowest BCUT2D eigenvalue weighted by molar-refractivity contribution is -0.122. The monoisotopic (exact) mass is 509 g/mol. The fourth-order valence-electron chi connectivity index (χ4n) is 4.20. The Morgan fingerprint density at radius 2 is 1.74 bits per heavy atom. The number of nitrogens with one attached hydrogen (secondary N) is 1. The van der Waals surface area contributed by atoms with Gasteiger partial charge in [0.1, 0.15) is 10.9 Å². The van der Waals surface area contributed by atoms with Gasteiger partial charge in [-0.15, -0.1) is 0 Å². The Balaban J connectivity index is 1.59. The first-order valence-electron chi connectivity index (χ1n) is 11.5. The number of aryl methyl sites for hydroxylation is 2. The number of nitrogens with zero attached hydrogens (tertiary/aromatic N) is 2. The summed E-state index contributed by atoms with van der Waals surface area (Å²) in [6.45, 7) is 7.17. The van der Waals surface area contributed by atoms with E-state index in [0.717, 1.165) is 28.6 Å². The number of thiocarbonyl (C=S) groups is 1. The number of carbonyl (C=O) groups excluding carboxylic acids is 3. The van der Waals surface area contributed by atoms with Gasteiger partial charge in [0.15, 0.2) is 0 Å². The van der Waals surface area contributed by atoms with Gasteiger partial charge in [-0.2, -0.15) is 0 Å². The van der Waals surface area contributed by atoms with Crippen molar-refractivity contribution in [3.8, 4) is 0 Å². The third-order valence-electron chi connectivity index (χ3n) is 5.92. The van der Waals surface area contributed by atoms with Gasteiger partial charge >= 0.3 is 0 Å². The second-order valence-corrected chi connectivity index (χ2v) is 9.95. The molecule has 9 heteroatoms. The normalized spacial score (nSPS) is 17.4. The van der Waals surface area contributed by atoms with Crippen LogP contribution in [0.15, 0.2) is 47.4 Å². The van der Waals surface area contributed by atoms with Crippen LogP contribution < -0.4 is 10.2 Å². The van der Waals surface area contributed by atoms with Crippen molar-refractivity contribution < 1.29 is 19.1 Å². The Kier molecular flexibility index (Phi) is 7.69. The summed E-state index contributed by atoms with van der Waals surface area (Å²) in [6, 6.07) is 13.0. The number of amides is 3. The molecule has 2 aliphatic heterocycles. The van der Waals surface area contributed by atoms with Crippen LogP contribution in [0.1, 0.15) is 30.0 Å². The fraction of sp³-hybridized carbons (Fsp3) is 0.308. The largest absolute Gasteiger partial charge is 0.382 e. The summed E-state index contributed by atoms with van der Waals surface area (Å²) in [5, 5.41) is 2.94. The van der Waals surface area contributed by atoms with E-state index in [1.807, 2.05) is 51.1 Å². The molecule has 0 bridgehead atoms. The maximum Gasteiger partial charge on any atom is 0.267 e. The lowest BCUT2D eigenvalue weighted by atomic mass is 10.1. The SMILES string of the molecule is CCOCCCN1C(=O)/C(=C2/C(=O)N(CC(=O)Nc3c(C)cccc3C)c3ccccc32)SC1=S. The van der Waals surface area contributed by atoms with E-state index in [-0.39, 0.29) is 24.3 Å². The highest BCUT2D eigenvalue weighted by Crippen LogP contribution is 2.44. The van der Waals surface area contributed by atoms with Gasteiger partial charge < -0.3 is 10.1 Å². The number of rotatable bonds is 8. The Hall–Kier alpha value is -3.01. The van der Waals surface area contributed by atoms with Gasteiger partial charge in [0.2, 0.25) is 5.91 Å². The van der Waals surface area contributed by atoms with Gasteiger partial charge in [-0.3, -0.25) is 24.2 Å². The molecule has 7 nitrogen and oxygen atoms in total. The summed E-state index contributed by atoms with van der Waals surface area (Å²) in [5.74, 6) is -0.968. The number of thioether (sulfide) groups is 1. The first-order valence-corrected chi connectivity index (χ1v) is 12.7. The molecule has 0 saturated carbocycles. The quantitative estimate of drug-likeness (QED) is 0.325. The molecule has 1 fully saturated rings. The minimum Gasteiger partial charge on any atom is -0.382 e. The van der Waals surface area contributed by atoms with Gasteiger partial charge in [0, 0.05) is 31.0 Å². The van der Waals surface area contributed by atoms with E-state index >= 15 is 0 Å². The van der Waals surface area contributed by atoms with Crippen LogP contribution in [0.5, 0.6) is 0 Å². The predicted molar refractivity (Wildman–Crippen MR) is 143 cm³/mol. The number of hydrogen-bond donors (Lipinski definition) is 1. The third kappa shape index (κ3) is 5.03. The Morgan fingerprint density at radius 3 is 2.46 bits per heavy atom. The van der Waals surface area contributed by atoms with Crippen LogP contribution in [0.4, 0.5) is 11.4 Å². The van der Waals surface area contributed by atoms with E-state index in [1.54, 1.807) is 12.1 Å². The molecular weight excluding hydrogens is 482 g/mol. The fourth-order valence-corrected chi connectivity index (χ4v) is 5.58. The number of fused-ring (bicyclic) bond motifs is 1. The van der Waals surface area contributed by atoms with Crippen molar-refractivity contribution in [1.29, 1.82) is 0 Å². The topological polar surface area (TPSA) is 79.0 Å². The lowest BCUT2D eigenvalue weighted by Crippen LogP contribution is -2.36. The van der Waals surface area contributed by atoms with Crippen LogP contribution in [-0.2, 0) is 19.1 Å². The number of anilines is 2. The molecule has 3 amide bonds. The van der Waals surface area contributed by atoms with Gasteiger partial charge in [-0.1, -0.05) is 60.4 Å². The lowest BCUT2D eigenvalue weighted by Gasteiger charge is -2.18. The molecule has 1 N–H and O–H groups in total. The van der Waals surface area contributed by atoms with Gasteiger partial charge in [-0.05, 0) is 44.4 Å². The zero-order chi connectivity index (χ0) is 25.1. The summed E-state index contributed by atoms with van der Waals surface area (Å²) < 4.78 is 5.79. The molecule has 0 aromatic heterocycles. The van der Waals surface area contributed by atoms with Crippen molar-refractivity contribution in [3.05, 3.63) is 64.1 Å². The molecule has 2 aromatic rings. The highest BCUT2D eigenvalue weighted by molar-refractivity contribution is 8.26. The molecule has 0 aliphatic carbocycles. The number of benzene rings is 2. The first-order chi connectivity index (χ1) is 16.8. The summed E-state index contributed by atoms with van der Waals surface area (Å²) in [5.41, 5.74) is 4.16. The average Bonchev–Trinajstić information content (AvgIpc) is 3.26. The van der Waals surface area contributed by atoms with E-state index in [2.05, 4.69) is 5.32 Å². The maximum absolute atomic E-state index is 13.6.